The van der Waals surface area contributed by atoms with Crippen LogP contribution in [0.15, 0.2) is 18.2 Å². The van der Waals surface area contributed by atoms with E-state index < -0.39 is 47.3 Å². The second-order valence-electron chi connectivity index (χ2n) is 4.70. The van der Waals surface area contributed by atoms with Crippen LogP contribution in [0.25, 0.3) is 0 Å². The molecule has 0 bridgehead atoms. The number of alkyl halides is 3. The number of carboxylic acid groups (broad SMARTS) is 1. The van der Waals surface area contributed by atoms with Gasteiger partial charge < -0.3 is 20.6 Å². The molecule has 0 aromatic heterocycles. The van der Waals surface area contributed by atoms with Crippen molar-refractivity contribution in [3.63, 3.8) is 0 Å². The quantitative estimate of drug-likeness (QED) is 0.392. The van der Waals surface area contributed by atoms with E-state index in [2.05, 4.69) is 12.6 Å². The number of carboxylic acids is 1. The minimum absolute atomic E-state index is 0.211. The van der Waals surface area contributed by atoms with Gasteiger partial charge >= 0.3 is 12.1 Å². The highest BCUT2D eigenvalue weighted by atomic mass is 32.1. The number of nitrogens with one attached hydrogen (secondary N) is 1. The molecule has 0 saturated carbocycles. The molecule has 1 amide bonds. The van der Waals surface area contributed by atoms with Crippen LogP contribution in [0.3, 0.4) is 0 Å². The minimum Gasteiger partial charge on any atom is -0.504 e. The van der Waals surface area contributed by atoms with Crippen molar-refractivity contribution in [2.75, 3.05) is 5.75 Å². The summed E-state index contributed by atoms with van der Waals surface area (Å²) in [4.78, 5) is 22.7. The fourth-order valence-corrected chi connectivity index (χ4v) is 2.11. The molecule has 0 radical (unpaired) electrons. The predicted octanol–water partition coefficient (Wildman–Crippen LogP) is 1.32. The van der Waals surface area contributed by atoms with Gasteiger partial charge in [-0.05, 0) is 17.7 Å². The summed E-state index contributed by atoms with van der Waals surface area (Å²) >= 11 is 3.46. The molecule has 0 aliphatic carbocycles. The SMILES string of the molecule is O=C(O)C(Cc1ccc(O)c(O)c1)NC(=O)C(CS)C(F)(F)F. The van der Waals surface area contributed by atoms with E-state index >= 15 is 0 Å². The van der Waals surface area contributed by atoms with Crippen LogP contribution >= 0.6 is 12.6 Å². The molecule has 6 nitrogen and oxygen atoms in total. The number of aliphatic carboxylic acids is 1. The average molecular weight is 353 g/mol. The van der Waals surface area contributed by atoms with Crippen LogP contribution in [-0.4, -0.2) is 45.2 Å². The number of aromatic hydroxyl groups is 2. The number of benzene rings is 1. The summed E-state index contributed by atoms with van der Waals surface area (Å²) in [6.45, 7) is 0. The summed E-state index contributed by atoms with van der Waals surface area (Å²) in [5, 5.41) is 29.3. The molecular formula is C13H14F3NO5S. The van der Waals surface area contributed by atoms with E-state index in [0.717, 1.165) is 12.1 Å². The van der Waals surface area contributed by atoms with Crippen molar-refractivity contribution in [1.29, 1.82) is 0 Å². The van der Waals surface area contributed by atoms with Gasteiger partial charge in [0.15, 0.2) is 11.5 Å². The number of phenolic OH excluding ortho intramolecular Hbond substituents is 2. The third-order valence-corrected chi connectivity index (χ3v) is 3.35. The third kappa shape index (κ3) is 5.23. The van der Waals surface area contributed by atoms with Crippen LogP contribution in [0.4, 0.5) is 13.2 Å². The van der Waals surface area contributed by atoms with Crippen molar-refractivity contribution >= 4 is 24.5 Å². The number of thiol groups is 1. The number of phenols is 2. The first-order chi connectivity index (χ1) is 10.6. The summed E-state index contributed by atoms with van der Waals surface area (Å²) in [5.74, 6) is -7.23. The Kier molecular flexibility index (Phi) is 6.13. The molecule has 1 aromatic carbocycles. The van der Waals surface area contributed by atoms with Crippen LogP contribution in [0.2, 0.25) is 0 Å². The Hall–Kier alpha value is -2.10. The highest BCUT2D eigenvalue weighted by molar-refractivity contribution is 7.80. The Labute approximate surface area is 134 Å². The minimum atomic E-state index is -4.84. The monoisotopic (exact) mass is 353 g/mol. The Morgan fingerprint density at radius 3 is 2.26 bits per heavy atom. The number of carbonyl (C=O) groups is 2. The van der Waals surface area contributed by atoms with Crippen LogP contribution in [0, 0.1) is 5.92 Å². The standard InChI is InChI=1S/C13H14F3NO5S/c14-13(15,16)7(5-23)11(20)17-8(12(21)22)3-6-1-2-9(18)10(19)4-6/h1-2,4,7-8,18-19,23H,3,5H2,(H,17,20)(H,21,22). The van der Waals surface area contributed by atoms with Crippen molar-refractivity contribution in [3.05, 3.63) is 23.8 Å². The molecule has 2 atom stereocenters. The van der Waals surface area contributed by atoms with E-state index in [4.69, 9.17) is 10.2 Å². The first-order valence-electron chi connectivity index (χ1n) is 6.28. The molecule has 1 rings (SSSR count). The maximum absolute atomic E-state index is 12.6. The number of halogens is 3. The van der Waals surface area contributed by atoms with Crippen molar-refractivity contribution in [1.82, 2.24) is 5.32 Å². The molecule has 10 heteroatoms. The number of amides is 1. The van der Waals surface area contributed by atoms with Crippen molar-refractivity contribution in [3.8, 4) is 11.5 Å². The van der Waals surface area contributed by atoms with E-state index in [9.17, 15) is 27.9 Å². The molecule has 23 heavy (non-hydrogen) atoms. The van der Waals surface area contributed by atoms with E-state index in [0.29, 0.717) is 0 Å². The zero-order valence-electron chi connectivity index (χ0n) is 11.5. The number of carbonyl (C=O) groups excluding carboxylic acids is 1. The Bertz CT molecular complexity index is 593. The Morgan fingerprint density at radius 2 is 1.83 bits per heavy atom. The number of hydrogen-bond donors (Lipinski definition) is 5. The third-order valence-electron chi connectivity index (χ3n) is 2.99. The van der Waals surface area contributed by atoms with Crippen molar-refractivity contribution in [2.45, 2.75) is 18.6 Å². The van der Waals surface area contributed by atoms with Crippen LogP contribution in [0.5, 0.6) is 11.5 Å². The fraction of sp³-hybridized carbons (Fsp3) is 0.385. The number of hydrogen-bond acceptors (Lipinski definition) is 5. The summed E-state index contributed by atoms with van der Waals surface area (Å²) < 4.78 is 37.9. The normalized spacial score (nSPS) is 14.1. The second-order valence-corrected chi connectivity index (χ2v) is 5.07. The fourth-order valence-electron chi connectivity index (χ4n) is 1.74. The van der Waals surface area contributed by atoms with Gasteiger partial charge in [0, 0.05) is 12.2 Å². The van der Waals surface area contributed by atoms with Crippen LogP contribution in [0.1, 0.15) is 5.56 Å². The summed E-state index contributed by atoms with van der Waals surface area (Å²) in [7, 11) is 0. The molecule has 0 fully saturated rings. The van der Waals surface area contributed by atoms with Gasteiger partial charge in [0.05, 0.1) is 0 Å². The molecule has 0 aliphatic heterocycles. The van der Waals surface area contributed by atoms with Gasteiger partial charge in [0.2, 0.25) is 5.91 Å². The summed E-state index contributed by atoms with van der Waals surface area (Å²) in [6, 6.07) is 1.79. The van der Waals surface area contributed by atoms with Crippen LogP contribution in [-0.2, 0) is 16.0 Å². The zero-order chi connectivity index (χ0) is 17.8. The molecular weight excluding hydrogens is 339 g/mol. The highest BCUT2D eigenvalue weighted by Crippen LogP contribution is 2.28. The largest absolute Gasteiger partial charge is 0.504 e. The lowest BCUT2D eigenvalue weighted by Crippen LogP contribution is -2.48. The van der Waals surface area contributed by atoms with Crippen LogP contribution < -0.4 is 5.32 Å². The topological polar surface area (TPSA) is 107 Å². The zero-order valence-corrected chi connectivity index (χ0v) is 12.4. The Morgan fingerprint density at radius 1 is 1.22 bits per heavy atom. The van der Waals surface area contributed by atoms with Gasteiger partial charge in [-0.3, -0.25) is 4.79 Å². The van der Waals surface area contributed by atoms with E-state index in [1.165, 1.54) is 6.07 Å². The maximum atomic E-state index is 12.6. The molecule has 2 unspecified atom stereocenters. The lowest BCUT2D eigenvalue weighted by Gasteiger charge is -2.21. The number of rotatable bonds is 6. The van der Waals surface area contributed by atoms with Gasteiger partial charge in [0.1, 0.15) is 12.0 Å². The molecule has 0 saturated heterocycles. The maximum Gasteiger partial charge on any atom is 0.401 e. The summed E-state index contributed by atoms with van der Waals surface area (Å²) in [6.07, 6.45) is -5.21. The Balaban J connectivity index is 2.89. The first-order valence-corrected chi connectivity index (χ1v) is 6.91. The molecule has 0 heterocycles. The van der Waals surface area contributed by atoms with E-state index in [1.807, 2.05) is 0 Å². The summed E-state index contributed by atoms with van der Waals surface area (Å²) in [5.41, 5.74) is 0.211. The predicted molar refractivity (Wildman–Crippen MR) is 76.4 cm³/mol. The van der Waals surface area contributed by atoms with Crippen molar-refractivity contribution < 1.29 is 38.1 Å². The van der Waals surface area contributed by atoms with Gasteiger partial charge in [-0.25, -0.2) is 4.79 Å². The smallest absolute Gasteiger partial charge is 0.401 e. The second kappa shape index (κ2) is 7.44. The average Bonchev–Trinajstić information content (AvgIpc) is 2.41. The van der Waals surface area contributed by atoms with Gasteiger partial charge in [0.25, 0.3) is 0 Å². The van der Waals surface area contributed by atoms with Crippen molar-refractivity contribution in [2.24, 2.45) is 5.92 Å². The lowest BCUT2D eigenvalue weighted by molar-refractivity contribution is -0.178. The first kappa shape index (κ1) is 18.9. The van der Waals surface area contributed by atoms with Gasteiger partial charge in [-0.2, -0.15) is 25.8 Å². The molecule has 1 aromatic rings. The van der Waals surface area contributed by atoms with E-state index in [1.54, 1.807) is 5.32 Å². The lowest BCUT2D eigenvalue weighted by atomic mass is 10.0. The highest BCUT2D eigenvalue weighted by Gasteiger charge is 2.44. The molecule has 0 spiro atoms. The van der Waals surface area contributed by atoms with Gasteiger partial charge in [-0.1, -0.05) is 6.07 Å². The van der Waals surface area contributed by atoms with E-state index in [-0.39, 0.29) is 12.0 Å². The molecule has 128 valence electrons. The molecule has 4 N–H and O–H groups in total. The van der Waals surface area contributed by atoms with Gasteiger partial charge in [-0.15, -0.1) is 0 Å². The molecule has 0 aliphatic rings.